The first-order chi connectivity index (χ1) is 12.7. The normalized spacial score (nSPS) is 21.8. The number of pyridine rings is 1. The van der Waals surface area contributed by atoms with Crippen LogP contribution < -0.4 is 10.9 Å². The fourth-order valence-electron chi connectivity index (χ4n) is 4.37. The molecule has 2 unspecified atom stereocenters. The van der Waals surface area contributed by atoms with Crippen molar-refractivity contribution in [3.8, 4) is 0 Å². The zero-order valence-electron chi connectivity index (χ0n) is 14.9. The molecule has 0 aliphatic carbocycles. The minimum absolute atomic E-state index is 0.00517. The van der Waals surface area contributed by atoms with E-state index in [4.69, 9.17) is 0 Å². The molecule has 2 aliphatic heterocycles. The van der Waals surface area contributed by atoms with Crippen molar-refractivity contribution in [2.24, 2.45) is 5.92 Å². The summed E-state index contributed by atoms with van der Waals surface area (Å²) in [6, 6.07) is 15.0. The van der Waals surface area contributed by atoms with E-state index in [0.717, 1.165) is 32.6 Å². The maximum absolute atomic E-state index is 12.1. The van der Waals surface area contributed by atoms with Crippen molar-refractivity contribution >= 4 is 5.91 Å². The Bertz CT molecular complexity index is 831. The molecule has 0 saturated carbocycles. The number of benzene rings is 1. The quantitative estimate of drug-likeness (QED) is 0.839. The molecule has 1 aromatic heterocycles. The van der Waals surface area contributed by atoms with E-state index in [0.29, 0.717) is 23.9 Å². The minimum atomic E-state index is -0.00517. The van der Waals surface area contributed by atoms with Crippen molar-refractivity contribution in [2.75, 3.05) is 26.2 Å². The average molecular weight is 351 g/mol. The second-order valence-electron chi connectivity index (χ2n) is 7.43. The Morgan fingerprint density at radius 3 is 2.73 bits per heavy atom. The molecule has 2 aromatic rings. The molecule has 1 saturated heterocycles. The predicted molar refractivity (Wildman–Crippen MR) is 101 cm³/mol. The van der Waals surface area contributed by atoms with E-state index in [1.807, 2.05) is 41.0 Å². The molecule has 1 aromatic carbocycles. The van der Waals surface area contributed by atoms with Crippen LogP contribution >= 0.6 is 0 Å². The summed E-state index contributed by atoms with van der Waals surface area (Å²) in [5.41, 5.74) is 2.03. The molecular formula is C21H25N3O2. The van der Waals surface area contributed by atoms with Gasteiger partial charge in [-0.1, -0.05) is 24.3 Å². The average Bonchev–Trinajstić information content (AvgIpc) is 2.67. The van der Waals surface area contributed by atoms with Gasteiger partial charge in [-0.3, -0.25) is 9.59 Å². The number of hydrogen-bond donors (Lipinski definition) is 1. The lowest BCUT2D eigenvalue weighted by molar-refractivity contribution is 0.0944. The number of aromatic nitrogens is 1. The van der Waals surface area contributed by atoms with Gasteiger partial charge in [-0.05, 0) is 43.5 Å². The number of rotatable bonds is 5. The Labute approximate surface area is 153 Å². The Morgan fingerprint density at radius 1 is 1.04 bits per heavy atom. The topological polar surface area (TPSA) is 54.3 Å². The molecule has 1 amide bonds. The van der Waals surface area contributed by atoms with Crippen molar-refractivity contribution in [2.45, 2.75) is 25.3 Å². The fourth-order valence-corrected chi connectivity index (χ4v) is 4.37. The fraction of sp³-hybridized carbons (Fsp3) is 0.429. The number of carbonyl (C=O) groups excluding carboxylic acids is 1. The van der Waals surface area contributed by atoms with Crippen molar-refractivity contribution < 1.29 is 4.79 Å². The van der Waals surface area contributed by atoms with Crippen molar-refractivity contribution in [1.82, 2.24) is 14.8 Å². The molecule has 4 rings (SSSR count). The molecular weight excluding hydrogens is 326 g/mol. The number of carbonyl (C=O) groups is 1. The Morgan fingerprint density at radius 2 is 1.88 bits per heavy atom. The largest absolute Gasteiger partial charge is 0.352 e. The second kappa shape index (κ2) is 7.46. The standard InChI is InChI=1S/C21H25N3O2/c25-20-9-4-8-19-18-12-16(14-24(19)20)13-23(15-18)11-5-10-22-21(26)17-6-2-1-3-7-17/h1-4,6-9,16,18H,5,10-15H2,(H,22,26). The number of fused-ring (bicyclic) bond motifs is 4. The van der Waals surface area contributed by atoms with Crippen LogP contribution in [0.2, 0.25) is 0 Å². The monoisotopic (exact) mass is 351 g/mol. The van der Waals surface area contributed by atoms with Crippen molar-refractivity contribution in [1.29, 1.82) is 0 Å². The molecule has 0 spiro atoms. The Hall–Kier alpha value is -2.40. The van der Waals surface area contributed by atoms with Crippen LogP contribution in [0, 0.1) is 5.92 Å². The zero-order chi connectivity index (χ0) is 17.9. The van der Waals surface area contributed by atoms with Gasteiger partial charge in [0.05, 0.1) is 0 Å². The Balaban J connectivity index is 1.28. The maximum Gasteiger partial charge on any atom is 0.251 e. The van der Waals surface area contributed by atoms with Crippen LogP contribution in [-0.4, -0.2) is 41.6 Å². The van der Waals surface area contributed by atoms with Gasteiger partial charge >= 0.3 is 0 Å². The Kier molecular flexibility index (Phi) is 4.89. The van der Waals surface area contributed by atoms with E-state index in [9.17, 15) is 9.59 Å². The summed E-state index contributed by atoms with van der Waals surface area (Å²) in [6.45, 7) is 4.57. The molecule has 2 bridgehead atoms. The number of nitrogens with zero attached hydrogens (tertiary/aromatic N) is 2. The second-order valence-corrected chi connectivity index (χ2v) is 7.43. The van der Waals surface area contributed by atoms with Crippen LogP contribution in [0.4, 0.5) is 0 Å². The first kappa shape index (κ1) is 17.0. The summed E-state index contributed by atoms with van der Waals surface area (Å²) in [4.78, 5) is 26.6. The van der Waals surface area contributed by atoms with Gasteiger partial charge in [0.25, 0.3) is 11.5 Å². The van der Waals surface area contributed by atoms with E-state index >= 15 is 0 Å². The van der Waals surface area contributed by atoms with E-state index in [-0.39, 0.29) is 11.5 Å². The van der Waals surface area contributed by atoms with Gasteiger partial charge in [0, 0.05) is 49.4 Å². The number of piperidine rings is 1. The number of hydrogen-bond acceptors (Lipinski definition) is 3. The maximum atomic E-state index is 12.1. The number of likely N-dealkylation sites (tertiary alicyclic amines) is 1. The van der Waals surface area contributed by atoms with E-state index < -0.39 is 0 Å². The lowest BCUT2D eigenvalue weighted by Gasteiger charge is -2.42. The highest BCUT2D eigenvalue weighted by Gasteiger charge is 2.34. The van der Waals surface area contributed by atoms with E-state index in [2.05, 4.69) is 16.3 Å². The van der Waals surface area contributed by atoms with Gasteiger partial charge in [0.1, 0.15) is 0 Å². The smallest absolute Gasteiger partial charge is 0.251 e. The molecule has 1 N–H and O–H groups in total. The molecule has 5 heteroatoms. The third-order valence-corrected chi connectivity index (χ3v) is 5.53. The molecule has 3 heterocycles. The van der Waals surface area contributed by atoms with Gasteiger partial charge in [0.15, 0.2) is 0 Å². The summed E-state index contributed by atoms with van der Waals surface area (Å²) in [6.07, 6.45) is 2.13. The number of amides is 1. The summed E-state index contributed by atoms with van der Waals surface area (Å²) in [5, 5.41) is 3.00. The van der Waals surface area contributed by atoms with Crippen LogP contribution in [0.3, 0.4) is 0 Å². The third-order valence-electron chi connectivity index (χ3n) is 5.53. The summed E-state index contributed by atoms with van der Waals surface area (Å²) in [5.74, 6) is 1.00. The van der Waals surface area contributed by atoms with E-state index in [1.54, 1.807) is 6.07 Å². The molecule has 26 heavy (non-hydrogen) atoms. The molecule has 2 atom stereocenters. The third kappa shape index (κ3) is 3.58. The summed E-state index contributed by atoms with van der Waals surface area (Å²) < 4.78 is 1.97. The van der Waals surface area contributed by atoms with Crippen molar-refractivity contribution in [3.05, 3.63) is 70.1 Å². The van der Waals surface area contributed by atoms with Gasteiger partial charge in [-0.25, -0.2) is 0 Å². The molecule has 136 valence electrons. The molecule has 1 fully saturated rings. The van der Waals surface area contributed by atoms with E-state index in [1.165, 1.54) is 12.1 Å². The van der Waals surface area contributed by atoms with Crippen LogP contribution in [0.1, 0.15) is 34.8 Å². The first-order valence-electron chi connectivity index (χ1n) is 9.46. The van der Waals surface area contributed by atoms with Crippen LogP contribution in [0.15, 0.2) is 53.3 Å². The highest BCUT2D eigenvalue weighted by molar-refractivity contribution is 5.94. The highest BCUT2D eigenvalue weighted by atomic mass is 16.1. The summed E-state index contributed by atoms with van der Waals surface area (Å²) >= 11 is 0. The zero-order valence-corrected chi connectivity index (χ0v) is 14.9. The summed E-state index contributed by atoms with van der Waals surface area (Å²) in [7, 11) is 0. The first-order valence-corrected chi connectivity index (χ1v) is 9.46. The van der Waals surface area contributed by atoms with Gasteiger partial charge in [-0.2, -0.15) is 0 Å². The number of nitrogens with one attached hydrogen (secondary N) is 1. The van der Waals surface area contributed by atoms with Gasteiger partial charge < -0.3 is 14.8 Å². The van der Waals surface area contributed by atoms with Gasteiger partial charge in [-0.15, -0.1) is 0 Å². The van der Waals surface area contributed by atoms with Crippen LogP contribution in [0.25, 0.3) is 0 Å². The minimum Gasteiger partial charge on any atom is -0.352 e. The van der Waals surface area contributed by atoms with Gasteiger partial charge in [0.2, 0.25) is 0 Å². The molecule has 0 radical (unpaired) electrons. The predicted octanol–water partition coefficient (Wildman–Crippen LogP) is 2.09. The molecule has 2 aliphatic rings. The van der Waals surface area contributed by atoms with Crippen LogP contribution in [0.5, 0.6) is 0 Å². The highest BCUT2D eigenvalue weighted by Crippen LogP contribution is 2.34. The molecule has 5 nitrogen and oxygen atoms in total. The van der Waals surface area contributed by atoms with Crippen molar-refractivity contribution in [3.63, 3.8) is 0 Å². The lowest BCUT2D eigenvalue weighted by Crippen LogP contribution is -2.47. The lowest BCUT2D eigenvalue weighted by atomic mass is 9.83. The SMILES string of the molecule is O=C(NCCCN1CC2CC(C1)c1cccc(=O)n1C2)c1ccccc1. The van der Waals surface area contributed by atoms with Crippen LogP contribution in [-0.2, 0) is 6.54 Å².